The van der Waals surface area contributed by atoms with Crippen molar-refractivity contribution in [2.45, 2.75) is 39.2 Å². The number of para-hydroxylation sites is 1. The Labute approximate surface area is 218 Å². The summed E-state index contributed by atoms with van der Waals surface area (Å²) >= 11 is 5.91. The minimum absolute atomic E-state index is 0.0150. The van der Waals surface area contributed by atoms with E-state index in [0.717, 1.165) is 15.8 Å². The van der Waals surface area contributed by atoms with Crippen molar-refractivity contribution in [3.63, 3.8) is 0 Å². The summed E-state index contributed by atoms with van der Waals surface area (Å²) in [6.07, 6.45) is -7.77. The highest BCUT2D eigenvalue weighted by atomic mass is 35.5. The van der Waals surface area contributed by atoms with Crippen molar-refractivity contribution in [3.05, 3.63) is 80.7 Å². The van der Waals surface area contributed by atoms with Gasteiger partial charge in [0.15, 0.2) is 17.8 Å². The molecule has 0 spiro atoms. The normalized spacial score (nSPS) is 12.5. The van der Waals surface area contributed by atoms with E-state index in [0.29, 0.717) is 20.8 Å². The zero-order chi connectivity index (χ0) is 27.8. The number of alkyl halides is 3. The zero-order valence-electron chi connectivity index (χ0n) is 20.4. The van der Waals surface area contributed by atoms with Crippen molar-refractivity contribution >= 4 is 17.6 Å². The van der Waals surface area contributed by atoms with Crippen LogP contribution in [0.25, 0.3) is 17.1 Å². The standard InChI is InChI=1S/C24H22ClF3N6O4/c1-13-5-4-6-14(2)19(13)34-21(22(36)38-3)29-18(30-34)12-33-23(37)32(11-17(35)24(26,27)28)20(31-33)15-7-9-16(25)10-8-15/h4-10,17,35H,11-12H2,1-3H3. The Kier molecular flexibility index (Phi) is 7.42. The van der Waals surface area contributed by atoms with Crippen molar-refractivity contribution in [1.82, 2.24) is 29.1 Å². The van der Waals surface area contributed by atoms with Gasteiger partial charge in [0.25, 0.3) is 0 Å². The maximum Gasteiger partial charge on any atom is 0.416 e. The molecule has 14 heteroatoms. The second-order valence-corrected chi connectivity index (χ2v) is 8.87. The van der Waals surface area contributed by atoms with Crippen LogP contribution in [0.15, 0.2) is 47.3 Å². The summed E-state index contributed by atoms with van der Waals surface area (Å²) in [6.45, 7) is 2.18. The maximum atomic E-state index is 13.2. The predicted octanol–water partition coefficient (Wildman–Crippen LogP) is 3.32. The van der Waals surface area contributed by atoms with E-state index in [1.165, 1.54) is 36.1 Å². The molecule has 0 amide bonds. The van der Waals surface area contributed by atoms with Crippen LogP contribution >= 0.6 is 11.6 Å². The third kappa shape index (κ3) is 5.34. The molecule has 0 saturated carbocycles. The lowest BCUT2D eigenvalue weighted by Crippen LogP contribution is -2.37. The highest BCUT2D eigenvalue weighted by Gasteiger charge is 2.39. The Morgan fingerprint density at radius 1 is 1.11 bits per heavy atom. The van der Waals surface area contributed by atoms with Crippen LogP contribution in [-0.2, 0) is 17.8 Å². The summed E-state index contributed by atoms with van der Waals surface area (Å²) in [7, 11) is 1.18. The number of halogens is 4. The zero-order valence-corrected chi connectivity index (χ0v) is 21.2. The van der Waals surface area contributed by atoms with Gasteiger partial charge in [0.1, 0.15) is 6.54 Å². The van der Waals surface area contributed by atoms with E-state index in [1.807, 2.05) is 32.0 Å². The van der Waals surface area contributed by atoms with Gasteiger partial charge < -0.3 is 9.84 Å². The molecule has 0 saturated heterocycles. The van der Waals surface area contributed by atoms with Crippen LogP contribution in [0.5, 0.6) is 0 Å². The lowest BCUT2D eigenvalue weighted by molar-refractivity contribution is -0.207. The van der Waals surface area contributed by atoms with Crippen molar-refractivity contribution in [1.29, 1.82) is 0 Å². The predicted molar refractivity (Wildman–Crippen MR) is 130 cm³/mol. The number of ether oxygens (including phenoxy) is 1. The van der Waals surface area contributed by atoms with Gasteiger partial charge in [-0.3, -0.25) is 4.57 Å². The van der Waals surface area contributed by atoms with Crippen LogP contribution in [0, 0.1) is 13.8 Å². The van der Waals surface area contributed by atoms with Gasteiger partial charge in [-0.05, 0) is 49.2 Å². The minimum atomic E-state index is -4.96. The van der Waals surface area contributed by atoms with Crippen molar-refractivity contribution < 1.29 is 27.8 Å². The topological polar surface area (TPSA) is 117 Å². The fourth-order valence-electron chi connectivity index (χ4n) is 3.87. The second kappa shape index (κ2) is 10.4. The number of rotatable bonds is 7. The first kappa shape index (κ1) is 27.1. The van der Waals surface area contributed by atoms with Gasteiger partial charge in [-0.2, -0.15) is 13.2 Å². The van der Waals surface area contributed by atoms with Gasteiger partial charge in [0.2, 0.25) is 5.82 Å². The van der Waals surface area contributed by atoms with Gasteiger partial charge in [-0.15, -0.1) is 10.2 Å². The SMILES string of the molecule is COC(=O)c1nc(Cn2nc(-c3ccc(Cl)cc3)n(CC(O)C(F)(F)F)c2=O)nn1-c1c(C)cccc1C. The number of esters is 1. The Morgan fingerprint density at radius 3 is 2.32 bits per heavy atom. The fraction of sp³-hybridized carbons (Fsp3) is 0.292. The quantitative estimate of drug-likeness (QED) is 0.351. The second-order valence-electron chi connectivity index (χ2n) is 8.43. The first-order valence-corrected chi connectivity index (χ1v) is 11.6. The summed E-state index contributed by atoms with van der Waals surface area (Å²) in [5, 5.41) is 18.6. The number of benzene rings is 2. The lowest BCUT2D eigenvalue weighted by Gasteiger charge is -2.15. The van der Waals surface area contributed by atoms with E-state index in [9.17, 15) is 27.9 Å². The molecule has 200 valence electrons. The van der Waals surface area contributed by atoms with Crippen LogP contribution in [0.1, 0.15) is 27.6 Å². The number of carbonyl (C=O) groups excluding carboxylic acids is 1. The molecule has 0 bridgehead atoms. The van der Waals surface area contributed by atoms with Crippen LogP contribution in [-0.4, -0.2) is 59.6 Å². The number of aryl methyl sites for hydroxylation is 2. The highest BCUT2D eigenvalue weighted by molar-refractivity contribution is 6.30. The average molecular weight is 551 g/mol. The molecule has 1 atom stereocenters. The van der Waals surface area contributed by atoms with E-state index in [-0.39, 0.29) is 24.0 Å². The van der Waals surface area contributed by atoms with Crippen LogP contribution in [0.3, 0.4) is 0 Å². The van der Waals surface area contributed by atoms with Crippen molar-refractivity contribution in [3.8, 4) is 17.1 Å². The molecule has 0 aliphatic rings. The molecule has 4 aromatic rings. The number of carbonyl (C=O) groups is 1. The van der Waals surface area contributed by atoms with E-state index in [2.05, 4.69) is 15.2 Å². The number of hydrogen-bond acceptors (Lipinski definition) is 7. The summed E-state index contributed by atoms with van der Waals surface area (Å²) in [5.41, 5.74) is 1.52. The van der Waals surface area contributed by atoms with Gasteiger partial charge in [0.05, 0.1) is 19.3 Å². The van der Waals surface area contributed by atoms with Gasteiger partial charge in [-0.1, -0.05) is 29.8 Å². The molecule has 2 heterocycles. The first-order chi connectivity index (χ1) is 17.9. The fourth-order valence-corrected chi connectivity index (χ4v) is 4.00. The van der Waals surface area contributed by atoms with E-state index < -0.39 is 30.5 Å². The van der Waals surface area contributed by atoms with Crippen molar-refractivity contribution in [2.24, 2.45) is 0 Å². The van der Waals surface area contributed by atoms with E-state index in [4.69, 9.17) is 16.3 Å². The van der Waals surface area contributed by atoms with E-state index >= 15 is 0 Å². The molecule has 2 aromatic heterocycles. The molecule has 10 nitrogen and oxygen atoms in total. The number of nitrogens with zero attached hydrogens (tertiary/aromatic N) is 6. The molecular weight excluding hydrogens is 529 g/mol. The average Bonchev–Trinajstić information content (AvgIpc) is 3.40. The molecule has 0 radical (unpaired) electrons. The number of methoxy groups -OCH3 is 1. The molecule has 38 heavy (non-hydrogen) atoms. The van der Waals surface area contributed by atoms with E-state index in [1.54, 1.807) is 0 Å². The number of aliphatic hydroxyl groups is 1. The molecule has 1 N–H and O–H groups in total. The molecule has 0 aliphatic carbocycles. The van der Waals surface area contributed by atoms with Crippen LogP contribution in [0.2, 0.25) is 5.02 Å². The van der Waals surface area contributed by atoms with Gasteiger partial charge in [0, 0.05) is 10.6 Å². The monoisotopic (exact) mass is 550 g/mol. The number of aromatic nitrogens is 6. The Morgan fingerprint density at radius 2 is 1.74 bits per heavy atom. The molecular formula is C24H22ClF3N6O4. The maximum absolute atomic E-state index is 13.2. The molecule has 4 rings (SSSR count). The van der Waals surface area contributed by atoms with Gasteiger partial charge >= 0.3 is 17.8 Å². The van der Waals surface area contributed by atoms with Crippen molar-refractivity contribution in [2.75, 3.05) is 7.11 Å². The number of aliphatic hydroxyl groups excluding tert-OH is 1. The largest absolute Gasteiger partial charge is 0.463 e. The Bertz CT molecular complexity index is 1520. The summed E-state index contributed by atoms with van der Waals surface area (Å²) in [4.78, 5) is 29.9. The highest BCUT2D eigenvalue weighted by Crippen LogP contribution is 2.24. The molecule has 0 fully saturated rings. The summed E-state index contributed by atoms with van der Waals surface area (Å²) in [5.74, 6) is -1.08. The third-order valence-corrected chi connectivity index (χ3v) is 5.97. The Hall–Kier alpha value is -3.97. The Balaban J connectivity index is 1.81. The minimum Gasteiger partial charge on any atom is -0.463 e. The van der Waals surface area contributed by atoms with Crippen LogP contribution < -0.4 is 5.69 Å². The van der Waals surface area contributed by atoms with Gasteiger partial charge in [-0.25, -0.2) is 23.9 Å². The lowest BCUT2D eigenvalue weighted by atomic mass is 10.1. The molecule has 1 unspecified atom stereocenters. The smallest absolute Gasteiger partial charge is 0.416 e. The summed E-state index contributed by atoms with van der Waals surface area (Å²) < 4.78 is 47.0. The molecule has 2 aromatic carbocycles. The first-order valence-electron chi connectivity index (χ1n) is 11.2. The summed E-state index contributed by atoms with van der Waals surface area (Å²) in [6, 6.07) is 11.4. The number of hydrogen-bond donors (Lipinski definition) is 1. The third-order valence-electron chi connectivity index (χ3n) is 5.72. The van der Waals surface area contributed by atoms with Crippen LogP contribution in [0.4, 0.5) is 13.2 Å². The molecule has 0 aliphatic heterocycles.